The molecule has 0 spiro atoms. The summed E-state index contributed by atoms with van der Waals surface area (Å²) in [6.07, 6.45) is 1.44. The molecular formula is C30H35FN2O3. The molecule has 2 N–H and O–H groups in total. The average Bonchev–Trinajstić information content (AvgIpc) is 2.88. The van der Waals surface area contributed by atoms with Gasteiger partial charge in [0.25, 0.3) is 0 Å². The van der Waals surface area contributed by atoms with Crippen LogP contribution < -0.4 is 15.4 Å². The van der Waals surface area contributed by atoms with Gasteiger partial charge in [-0.1, -0.05) is 48.5 Å². The Bertz CT molecular complexity index is 1160. The Morgan fingerprint density at radius 2 is 1.94 bits per heavy atom. The fourth-order valence-electron chi connectivity index (χ4n) is 4.77. The van der Waals surface area contributed by atoms with E-state index in [4.69, 9.17) is 9.47 Å². The topological polar surface area (TPSA) is 59.6 Å². The second kappa shape index (κ2) is 12.2. The number of ether oxygens (including phenoxy) is 2. The predicted octanol–water partition coefficient (Wildman–Crippen LogP) is 5.61. The summed E-state index contributed by atoms with van der Waals surface area (Å²) in [6, 6.07) is 21.2. The second-order valence-corrected chi connectivity index (χ2v) is 9.51. The Morgan fingerprint density at radius 1 is 1.14 bits per heavy atom. The number of methoxy groups -OCH3 is 1. The van der Waals surface area contributed by atoms with Crippen molar-refractivity contribution in [1.82, 2.24) is 5.32 Å². The van der Waals surface area contributed by atoms with E-state index in [1.165, 1.54) is 6.07 Å². The van der Waals surface area contributed by atoms with Crippen LogP contribution in [0, 0.1) is 12.7 Å². The Labute approximate surface area is 213 Å². The molecule has 1 heterocycles. The molecule has 1 aliphatic rings. The SMILES string of the molecule is COc1ccc([C@H](CC(=O)Nc2cccc(F)c2CC[C@@H]2CN[C@H](C)CO2)c2ccccc2)cc1C. The number of carbonyl (C=O) groups excluding carboxylic acids is 1. The standard InChI is InChI=1S/C30H35FN2O3/c1-20-16-23(12-15-29(20)35-3)26(22-8-5-4-6-9-22)17-30(34)33-28-11-7-10-27(31)25(28)14-13-24-18-32-21(2)19-36-24/h4-12,15-16,21,24,26,32H,13-14,17-19H2,1-3H3,(H,33,34)/t21-,24-,26-/m1/s1. The molecule has 6 heteroatoms. The van der Waals surface area contributed by atoms with Crippen LogP contribution in [0.2, 0.25) is 0 Å². The Kier molecular flexibility index (Phi) is 8.73. The zero-order valence-electron chi connectivity index (χ0n) is 21.2. The third-order valence-electron chi connectivity index (χ3n) is 6.80. The molecule has 0 radical (unpaired) electrons. The molecule has 3 atom stereocenters. The van der Waals surface area contributed by atoms with Crippen LogP contribution in [0.25, 0.3) is 0 Å². The third-order valence-corrected chi connectivity index (χ3v) is 6.80. The van der Waals surface area contributed by atoms with Crippen LogP contribution in [-0.2, 0) is 16.0 Å². The molecule has 4 rings (SSSR count). The molecule has 0 unspecified atom stereocenters. The van der Waals surface area contributed by atoms with E-state index < -0.39 is 0 Å². The van der Waals surface area contributed by atoms with Crippen LogP contribution >= 0.6 is 0 Å². The van der Waals surface area contributed by atoms with Crippen molar-refractivity contribution in [1.29, 1.82) is 0 Å². The fraction of sp³-hybridized carbons (Fsp3) is 0.367. The molecule has 1 saturated heterocycles. The number of rotatable bonds is 9. The van der Waals surface area contributed by atoms with Crippen molar-refractivity contribution < 1.29 is 18.7 Å². The number of amides is 1. The normalized spacial score (nSPS) is 18.4. The van der Waals surface area contributed by atoms with Crippen molar-refractivity contribution in [3.63, 3.8) is 0 Å². The van der Waals surface area contributed by atoms with Crippen LogP contribution in [-0.4, -0.2) is 38.3 Å². The predicted molar refractivity (Wildman–Crippen MR) is 141 cm³/mol. The summed E-state index contributed by atoms with van der Waals surface area (Å²) in [5, 5.41) is 6.39. The minimum atomic E-state index is -0.310. The van der Waals surface area contributed by atoms with E-state index in [0.717, 1.165) is 29.0 Å². The summed E-state index contributed by atoms with van der Waals surface area (Å²) in [7, 11) is 1.65. The van der Waals surface area contributed by atoms with Crippen LogP contribution in [0.4, 0.5) is 10.1 Å². The molecule has 1 amide bonds. The molecule has 1 fully saturated rings. The summed E-state index contributed by atoms with van der Waals surface area (Å²) < 4.78 is 26.1. The maximum Gasteiger partial charge on any atom is 0.225 e. The van der Waals surface area contributed by atoms with Gasteiger partial charge in [-0.15, -0.1) is 0 Å². The molecule has 190 valence electrons. The molecule has 0 saturated carbocycles. The van der Waals surface area contributed by atoms with Crippen LogP contribution in [0.3, 0.4) is 0 Å². The number of hydrogen-bond donors (Lipinski definition) is 2. The number of benzene rings is 3. The van der Waals surface area contributed by atoms with Crippen molar-refractivity contribution in [2.75, 3.05) is 25.6 Å². The first-order valence-corrected chi connectivity index (χ1v) is 12.6. The maximum atomic E-state index is 14.8. The van der Waals surface area contributed by atoms with Crippen molar-refractivity contribution in [3.8, 4) is 5.75 Å². The summed E-state index contributed by atoms with van der Waals surface area (Å²) in [5.74, 6) is 0.200. The molecule has 1 aliphatic heterocycles. The molecule has 0 aliphatic carbocycles. The number of aryl methyl sites for hydroxylation is 1. The van der Waals surface area contributed by atoms with Gasteiger partial charge in [-0.25, -0.2) is 4.39 Å². The highest BCUT2D eigenvalue weighted by atomic mass is 19.1. The fourth-order valence-corrected chi connectivity index (χ4v) is 4.77. The number of hydrogen-bond acceptors (Lipinski definition) is 4. The smallest absolute Gasteiger partial charge is 0.225 e. The van der Waals surface area contributed by atoms with Crippen LogP contribution in [0.1, 0.15) is 47.9 Å². The third kappa shape index (κ3) is 6.50. The van der Waals surface area contributed by atoms with Gasteiger partial charge in [0, 0.05) is 36.2 Å². The van der Waals surface area contributed by atoms with E-state index in [1.54, 1.807) is 19.2 Å². The molecule has 0 aromatic heterocycles. The lowest BCUT2D eigenvalue weighted by Crippen LogP contribution is -2.44. The molecule has 36 heavy (non-hydrogen) atoms. The molecule has 3 aromatic rings. The zero-order valence-corrected chi connectivity index (χ0v) is 21.2. The van der Waals surface area contributed by atoms with Gasteiger partial charge in [0.1, 0.15) is 11.6 Å². The van der Waals surface area contributed by atoms with E-state index >= 15 is 0 Å². The summed E-state index contributed by atoms with van der Waals surface area (Å²) in [5.41, 5.74) is 4.13. The highest BCUT2D eigenvalue weighted by Crippen LogP contribution is 2.32. The monoisotopic (exact) mass is 490 g/mol. The number of anilines is 1. The van der Waals surface area contributed by atoms with Gasteiger partial charge in [0.15, 0.2) is 0 Å². The van der Waals surface area contributed by atoms with E-state index in [1.807, 2.05) is 49.4 Å². The maximum absolute atomic E-state index is 14.8. The van der Waals surface area contributed by atoms with Crippen LogP contribution in [0.5, 0.6) is 5.75 Å². The lowest BCUT2D eigenvalue weighted by atomic mass is 9.87. The summed E-state index contributed by atoms with van der Waals surface area (Å²) in [6.45, 7) is 5.47. The second-order valence-electron chi connectivity index (χ2n) is 9.51. The Balaban J connectivity index is 1.50. The zero-order chi connectivity index (χ0) is 25.5. The van der Waals surface area contributed by atoms with Gasteiger partial charge in [0.2, 0.25) is 5.91 Å². The van der Waals surface area contributed by atoms with Crippen LogP contribution in [0.15, 0.2) is 66.7 Å². The Morgan fingerprint density at radius 3 is 2.64 bits per heavy atom. The summed E-state index contributed by atoms with van der Waals surface area (Å²) >= 11 is 0. The lowest BCUT2D eigenvalue weighted by molar-refractivity contribution is -0.116. The van der Waals surface area contributed by atoms with Gasteiger partial charge < -0.3 is 20.1 Å². The number of halogens is 1. The van der Waals surface area contributed by atoms with E-state index in [0.29, 0.717) is 36.7 Å². The first-order valence-electron chi connectivity index (χ1n) is 12.6. The first-order chi connectivity index (χ1) is 17.4. The molecule has 5 nitrogen and oxygen atoms in total. The van der Waals surface area contributed by atoms with Crippen molar-refractivity contribution in [2.45, 2.75) is 51.2 Å². The minimum Gasteiger partial charge on any atom is -0.496 e. The van der Waals surface area contributed by atoms with Crippen molar-refractivity contribution in [2.24, 2.45) is 0 Å². The number of carbonyl (C=O) groups is 1. The molecule has 0 bridgehead atoms. The highest BCUT2D eigenvalue weighted by Gasteiger charge is 2.22. The lowest BCUT2D eigenvalue weighted by Gasteiger charge is -2.28. The first kappa shape index (κ1) is 25.9. The molecular weight excluding hydrogens is 455 g/mol. The van der Waals surface area contributed by atoms with Gasteiger partial charge in [-0.2, -0.15) is 0 Å². The van der Waals surface area contributed by atoms with E-state index in [2.05, 4.69) is 23.6 Å². The van der Waals surface area contributed by atoms with Gasteiger partial charge in [0.05, 0.1) is 19.8 Å². The quantitative estimate of drug-likeness (QED) is 0.409. The highest BCUT2D eigenvalue weighted by molar-refractivity contribution is 5.92. The molecule has 3 aromatic carbocycles. The number of nitrogens with one attached hydrogen (secondary N) is 2. The van der Waals surface area contributed by atoms with Gasteiger partial charge in [-0.3, -0.25) is 4.79 Å². The summed E-state index contributed by atoms with van der Waals surface area (Å²) in [4.78, 5) is 13.3. The van der Waals surface area contributed by atoms with E-state index in [-0.39, 0.29) is 30.2 Å². The van der Waals surface area contributed by atoms with Gasteiger partial charge in [-0.05, 0) is 61.6 Å². The van der Waals surface area contributed by atoms with Crippen molar-refractivity contribution >= 4 is 11.6 Å². The van der Waals surface area contributed by atoms with E-state index in [9.17, 15) is 9.18 Å². The number of morpholine rings is 1. The minimum absolute atomic E-state index is 0.0325. The van der Waals surface area contributed by atoms with Crippen molar-refractivity contribution in [3.05, 3.63) is 94.8 Å². The Hall–Kier alpha value is -3.22. The van der Waals surface area contributed by atoms with Gasteiger partial charge >= 0.3 is 0 Å². The largest absolute Gasteiger partial charge is 0.496 e. The average molecular weight is 491 g/mol.